The highest BCUT2D eigenvalue weighted by molar-refractivity contribution is 5.81. The van der Waals surface area contributed by atoms with Gasteiger partial charge >= 0.3 is 0 Å². The molecule has 3 N–H and O–H groups in total. The maximum absolute atomic E-state index is 9.66. The lowest BCUT2D eigenvalue weighted by atomic mass is 10.4. The molecule has 3 heterocycles. The number of anilines is 1. The Kier molecular flexibility index (Phi) is 3.80. The van der Waals surface area contributed by atoms with Gasteiger partial charge < -0.3 is 24.6 Å². The Bertz CT molecular complexity index is 723. The van der Waals surface area contributed by atoms with E-state index in [4.69, 9.17) is 9.15 Å². The number of nitrogens with one attached hydrogen (secondary N) is 2. The molecule has 0 aliphatic rings. The van der Waals surface area contributed by atoms with Gasteiger partial charge in [-0.1, -0.05) is 0 Å². The minimum Gasteiger partial charge on any atom is -0.459 e. The number of H-pyrrole nitrogens is 1. The minimum atomic E-state index is -1.04. The van der Waals surface area contributed by atoms with Gasteiger partial charge in [-0.3, -0.25) is 0 Å². The minimum absolute atomic E-state index is 0.376. The Morgan fingerprint density at radius 1 is 1.38 bits per heavy atom. The van der Waals surface area contributed by atoms with Crippen LogP contribution in [0.2, 0.25) is 0 Å². The molecule has 0 amide bonds. The van der Waals surface area contributed by atoms with E-state index in [0.29, 0.717) is 41.7 Å². The topological polar surface area (TPSA) is 109 Å². The monoisotopic (exact) mass is 289 g/mol. The highest BCUT2D eigenvalue weighted by Gasteiger charge is 2.12. The van der Waals surface area contributed by atoms with Gasteiger partial charge in [0.2, 0.25) is 6.29 Å². The molecule has 0 saturated carbocycles. The quantitative estimate of drug-likeness (QED) is 0.591. The summed E-state index contributed by atoms with van der Waals surface area (Å²) >= 11 is 0. The number of ether oxygens (including phenoxy) is 1. The Morgan fingerprint density at radius 2 is 2.29 bits per heavy atom. The summed E-state index contributed by atoms with van der Waals surface area (Å²) in [5.74, 6) is 1.65. The molecule has 0 aliphatic carbocycles. The van der Waals surface area contributed by atoms with Gasteiger partial charge in [0.25, 0.3) is 0 Å². The zero-order valence-electron chi connectivity index (χ0n) is 11.4. The van der Waals surface area contributed by atoms with Crippen LogP contribution in [0.5, 0.6) is 0 Å². The summed E-state index contributed by atoms with van der Waals surface area (Å²) in [6.07, 6.45) is 1.98. The second-order valence-electron chi connectivity index (χ2n) is 4.29. The number of hydrogen-bond donors (Lipinski definition) is 3. The fraction of sp³-hybridized carbons (Fsp3) is 0.308. The summed E-state index contributed by atoms with van der Waals surface area (Å²) in [6.45, 7) is 2.63. The van der Waals surface area contributed by atoms with Gasteiger partial charge in [0.05, 0.1) is 12.9 Å². The summed E-state index contributed by atoms with van der Waals surface area (Å²) in [7, 11) is 0. The molecule has 3 aromatic rings. The third-order valence-corrected chi connectivity index (χ3v) is 2.90. The van der Waals surface area contributed by atoms with Crippen molar-refractivity contribution in [3.8, 4) is 0 Å². The van der Waals surface area contributed by atoms with Gasteiger partial charge in [0.15, 0.2) is 17.2 Å². The lowest BCUT2D eigenvalue weighted by Crippen LogP contribution is -2.03. The summed E-state index contributed by atoms with van der Waals surface area (Å²) < 4.78 is 10.6. The summed E-state index contributed by atoms with van der Waals surface area (Å²) in [5, 5.41) is 12.8. The number of fused-ring (bicyclic) bond motifs is 1. The summed E-state index contributed by atoms with van der Waals surface area (Å²) in [4.78, 5) is 15.3. The average Bonchev–Trinajstić information content (AvgIpc) is 3.14. The fourth-order valence-corrected chi connectivity index (χ4v) is 1.93. The molecule has 0 fully saturated rings. The molecule has 8 heteroatoms. The lowest BCUT2D eigenvalue weighted by Gasteiger charge is -2.07. The number of nitrogens with zero attached hydrogens (tertiary/aromatic N) is 3. The molecule has 1 unspecified atom stereocenters. The number of aliphatic hydroxyl groups is 1. The summed E-state index contributed by atoms with van der Waals surface area (Å²) in [5.41, 5.74) is 1.33. The number of hydrogen-bond acceptors (Lipinski definition) is 7. The Morgan fingerprint density at radius 3 is 3.14 bits per heavy atom. The van der Waals surface area contributed by atoms with Gasteiger partial charge in [0.1, 0.15) is 17.6 Å². The van der Waals surface area contributed by atoms with E-state index in [9.17, 15) is 5.11 Å². The Hall–Kier alpha value is -2.45. The van der Waals surface area contributed by atoms with Gasteiger partial charge in [-0.2, -0.15) is 0 Å². The standard InChI is InChI=1S/C13H15N5O3/c1-2-20-13(19)9-4-3-8(21-9)5-14-11-10-12(16-6-15-10)18-7-17-11/h3-4,6-7,13,19H,2,5H2,1H3,(H2,14,15,16,17,18). The van der Waals surface area contributed by atoms with Gasteiger partial charge in [-0.15, -0.1) is 0 Å². The molecule has 3 rings (SSSR count). The van der Waals surface area contributed by atoms with Crippen molar-refractivity contribution in [3.05, 3.63) is 36.3 Å². The third kappa shape index (κ3) is 2.86. The number of rotatable bonds is 6. The molecule has 110 valence electrons. The van der Waals surface area contributed by atoms with E-state index in [2.05, 4.69) is 25.3 Å². The normalized spacial score (nSPS) is 12.7. The molecule has 8 nitrogen and oxygen atoms in total. The number of aromatic amines is 1. The second-order valence-corrected chi connectivity index (χ2v) is 4.29. The van der Waals surface area contributed by atoms with Crippen LogP contribution in [0.1, 0.15) is 24.7 Å². The predicted molar refractivity (Wildman–Crippen MR) is 74.3 cm³/mol. The van der Waals surface area contributed by atoms with Crippen LogP contribution in [0.15, 0.2) is 29.2 Å². The van der Waals surface area contributed by atoms with Gasteiger partial charge in [0, 0.05) is 6.61 Å². The van der Waals surface area contributed by atoms with Crippen molar-refractivity contribution in [2.24, 2.45) is 0 Å². The van der Waals surface area contributed by atoms with E-state index in [1.165, 1.54) is 6.33 Å². The zero-order chi connectivity index (χ0) is 14.7. The zero-order valence-corrected chi connectivity index (χ0v) is 11.4. The molecular formula is C13H15N5O3. The van der Waals surface area contributed by atoms with Crippen LogP contribution in [0, 0.1) is 0 Å². The molecule has 0 radical (unpaired) electrons. The molecule has 0 aliphatic heterocycles. The van der Waals surface area contributed by atoms with E-state index < -0.39 is 6.29 Å². The van der Waals surface area contributed by atoms with Crippen molar-refractivity contribution < 1.29 is 14.3 Å². The predicted octanol–water partition coefficient (Wildman–Crippen LogP) is 1.59. The first-order valence-electron chi connectivity index (χ1n) is 6.54. The molecule has 0 bridgehead atoms. The van der Waals surface area contributed by atoms with Gasteiger partial charge in [-0.05, 0) is 19.1 Å². The maximum atomic E-state index is 9.66. The molecule has 21 heavy (non-hydrogen) atoms. The number of aliphatic hydroxyl groups excluding tert-OH is 1. The number of aromatic nitrogens is 4. The molecule has 0 aromatic carbocycles. The van der Waals surface area contributed by atoms with Crippen molar-refractivity contribution in [1.29, 1.82) is 0 Å². The van der Waals surface area contributed by atoms with Crippen LogP contribution in [0.25, 0.3) is 11.2 Å². The SMILES string of the molecule is CCOC(O)c1ccc(CNc2ncnc3[nH]cnc23)o1. The van der Waals surface area contributed by atoms with Gasteiger partial charge in [-0.25, -0.2) is 15.0 Å². The van der Waals surface area contributed by atoms with E-state index in [1.54, 1.807) is 25.4 Å². The van der Waals surface area contributed by atoms with Crippen molar-refractivity contribution in [1.82, 2.24) is 19.9 Å². The third-order valence-electron chi connectivity index (χ3n) is 2.90. The second kappa shape index (κ2) is 5.90. The van der Waals surface area contributed by atoms with E-state index in [1.807, 2.05) is 0 Å². The molecular weight excluding hydrogens is 274 g/mol. The van der Waals surface area contributed by atoms with E-state index in [0.717, 1.165) is 0 Å². The number of furan rings is 1. The first-order chi connectivity index (χ1) is 10.3. The highest BCUT2D eigenvalue weighted by atomic mass is 16.6. The first kappa shape index (κ1) is 13.5. The first-order valence-corrected chi connectivity index (χ1v) is 6.54. The number of imidazole rings is 1. The van der Waals surface area contributed by atoms with Crippen LogP contribution in [0.3, 0.4) is 0 Å². The smallest absolute Gasteiger partial charge is 0.214 e. The molecule has 0 spiro atoms. The van der Waals surface area contributed by atoms with Crippen molar-refractivity contribution in [2.75, 3.05) is 11.9 Å². The van der Waals surface area contributed by atoms with E-state index >= 15 is 0 Å². The largest absolute Gasteiger partial charge is 0.459 e. The van der Waals surface area contributed by atoms with E-state index in [-0.39, 0.29) is 0 Å². The van der Waals surface area contributed by atoms with Crippen LogP contribution < -0.4 is 5.32 Å². The van der Waals surface area contributed by atoms with Crippen molar-refractivity contribution in [3.63, 3.8) is 0 Å². The van der Waals surface area contributed by atoms with Crippen LogP contribution in [-0.2, 0) is 11.3 Å². The average molecular weight is 289 g/mol. The van der Waals surface area contributed by atoms with Crippen molar-refractivity contribution >= 4 is 17.0 Å². The van der Waals surface area contributed by atoms with Crippen LogP contribution in [-0.4, -0.2) is 31.6 Å². The Balaban J connectivity index is 1.69. The van der Waals surface area contributed by atoms with Crippen molar-refractivity contribution in [2.45, 2.75) is 19.8 Å². The Labute approximate surface area is 120 Å². The van der Waals surface area contributed by atoms with Crippen LogP contribution >= 0.6 is 0 Å². The molecule has 3 aromatic heterocycles. The summed E-state index contributed by atoms with van der Waals surface area (Å²) in [6, 6.07) is 3.45. The molecule has 1 atom stereocenters. The van der Waals surface area contributed by atoms with Crippen LogP contribution in [0.4, 0.5) is 5.82 Å². The fourth-order valence-electron chi connectivity index (χ4n) is 1.93. The molecule has 0 saturated heterocycles. The highest BCUT2D eigenvalue weighted by Crippen LogP contribution is 2.19. The maximum Gasteiger partial charge on any atom is 0.214 e. The lowest BCUT2D eigenvalue weighted by molar-refractivity contribution is -0.110.